The van der Waals surface area contributed by atoms with Gasteiger partial charge >= 0.3 is 0 Å². The summed E-state index contributed by atoms with van der Waals surface area (Å²) >= 11 is 0. The molecule has 1 unspecified atom stereocenters. The van der Waals surface area contributed by atoms with E-state index >= 15 is 0 Å². The number of furan rings is 1. The fourth-order valence-corrected chi connectivity index (χ4v) is 7.81. The molecule has 0 bridgehead atoms. The van der Waals surface area contributed by atoms with E-state index in [9.17, 15) is 0 Å². The molecule has 0 amide bonds. The van der Waals surface area contributed by atoms with E-state index in [4.69, 9.17) is 19.4 Å². The van der Waals surface area contributed by atoms with Gasteiger partial charge < -0.3 is 9.32 Å². The molecule has 0 aliphatic heterocycles. The number of anilines is 3. The minimum absolute atomic E-state index is 0.0743. The van der Waals surface area contributed by atoms with E-state index in [2.05, 4.69) is 181 Å². The lowest BCUT2D eigenvalue weighted by Gasteiger charge is -2.26. The van der Waals surface area contributed by atoms with Gasteiger partial charge in [-0.2, -0.15) is 0 Å². The summed E-state index contributed by atoms with van der Waals surface area (Å²) in [5.74, 6) is 2.15. The molecule has 2 aromatic heterocycles. The van der Waals surface area contributed by atoms with Gasteiger partial charge in [0.2, 0.25) is 0 Å². The average Bonchev–Trinajstić information content (AvgIpc) is 3.68. The zero-order chi connectivity index (χ0) is 37.3. The summed E-state index contributed by atoms with van der Waals surface area (Å²) in [6.45, 7) is 0. The maximum atomic E-state index is 7.05. The molecule has 2 heterocycles. The standard InChI is InChI=1S/C51H38N4O/c1-5-15-35(16-6-1)37-27-31-41(32-28-37)55(42-33-29-38(30-34-42)36-17-7-2-8-18-36)46-26-14-24-44-43-23-13-25-45(47(43)56-48(44)46)51-53-49(39-19-9-3-10-20-39)52-50(54-51)40-21-11-4-12-22-40/h1-3,5-11,13-19,21-34,39H,4,12,20H2. The molecule has 2 aliphatic rings. The van der Waals surface area contributed by atoms with Crippen molar-refractivity contribution in [2.45, 2.75) is 25.2 Å². The highest BCUT2D eigenvalue weighted by Crippen LogP contribution is 2.44. The van der Waals surface area contributed by atoms with E-state index in [-0.39, 0.29) is 5.92 Å². The molecule has 10 rings (SSSR count). The van der Waals surface area contributed by atoms with Gasteiger partial charge in [-0.15, -0.1) is 0 Å². The van der Waals surface area contributed by atoms with Crippen molar-refractivity contribution in [1.82, 2.24) is 15.0 Å². The van der Waals surface area contributed by atoms with E-state index in [1.54, 1.807) is 0 Å². The van der Waals surface area contributed by atoms with Gasteiger partial charge in [-0.25, -0.2) is 15.0 Å². The Morgan fingerprint density at radius 2 is 1.14 bits per heavy atom. The molecule has 1 atom stereocenters. The lowest BCUT2D eigenvalue weighted by Crippen LogP contribution is -2.10. The zero-order valence-corrected chi connectivity index (χ0v) is 30.8. The van der Waals surface area contributed by atoms with Gasteiger partial charge in [0.05, 0.1) is 11.3 Å². The maximum absolute atomic E-state index is 7.05. The third kappa shape index (κ3) is 6.33. The second-order valence-electron chi connectivity index (χ2n) is 14.2. The molecule has 0 radical (unpaired) electrons. The van der Waals surface area contributed by atoms with E-state index in [1.807, 2.05) is 12.1 Å². The van der Waals surface area contributed by atoms with Crippen LogP contribution in [-0.4, -0.2) is 15.0 Å². The molecule has 56 heavy (non-hydrogen) atoms. The molecule has 0 saturated heterocycles. The van der Waals surface area contributed by atoms with Crippen molar-refractivity contribution in [2.24, 2.45) is 0 Å². The van der Waals surface area contributed by atoms with Crippen molar-refractivity contribution < 1.29 is 4.42 Å². The largest absolute Gasteiger partial charge is 0.453 e. The molecule has 0 spiro atoms. The molecule has 2 aliphatic carbocycles. The fraction of sp³-hybridized carbons (Fsp3) is 0.0784. The van der Waals surface area contributed by atoms with Crippen LogP contribution in [0.4, 0.5) is 17.1 Å². The Balaban J connectivity index is 1.13. The molecule has 8 aromatic rings. The normalized spacial score (nSPS) is 15.0. The predicted octanol–water partition coefficient (Wildman–Crippen LogP) is 13.6. The summed E-state index contributed by atoms with van der Waals surface area (Å²) in [5, 5.41) is 2.04. The number of aromatic nitrogens is 3. The van der Waals surface area contributed by atoms with Crippen molar-refractivity contribution in [1.29, 1.82) is 0 Å². The molecule has 6 aromatic carbocycles. The van der Waals surface area contributed by atoms with Crippen molar-refractivity contribution in [3.05, 3.63) is 200 Å². The molecule has 5 nitrogen and oxygen atoms in total. The van der Waals surface area contributed by atoms with Gasteiger partial charge in [-0.1, -0.05) is 152 Å². The van der Waals surface area contributed by atoms with Crippen molar-refractivity contribution >= 4 is 44.6 Å². The number of nitrogens with zero attached hydrogens (tertiary/aromatic N) is 4. The smallest absolute Gasteiger partial charge is 0.167 e. The first-order valence-corrected chi connectivity index (χ1v) is 19.3. The molecule has 0 N–H and O–H groups in total. The minimum atomic E-state index is 0.0743. The van der Waals surface area contributed by atoms with E-state index in [0.717, 1.165) is 86.4 Å². The maximum Gasteiger partial charge on any atom is 0.167 e. The monoisotopic (exact) mass is 722 g/mol. The highest BCUT2D eigenvalue weighted by molar-refractivity contribution is 6.13. The summed E-state index contributed by atoms with van der Waals surface area (Å²) in [6.07, 6.45) is 17.9. The Bertz CT molecular complexity index is 2730. The fourth-order valence-electron chi connectivity index (χ4n) is 7.81. The van der Waals surface area contributed by atoms with Gasteiger partial charge in [-0.3, -0.25) is 0 Å². The summed E-state index contributed by atoms with van der Waals surface area (Å²) < 4.78 is 7.05. The van der Waals surface area contributed by atoms with Crippen molar-refractivity contribution in [3.8, 4) is 33.6 Å². The van der Waals surface area contributed by atoms with Gasteiger partial charge in [0.25, 0.3) is 0 Å². The van der Waals surface area contributed by atoms with Gasteiger partial charge in [0.1, 0.15) is 11.4 Å². The quantitative estimate of drug-likeness (QED) is 0.156. The highest BCUT2D eigenvalue weighted by Gasteiger charge is 2.23. The Morgan fingerprint density at radius 1 is 0.518 bits per heavy atom. The number of fused-ring (bicyclic) bond motifs is 3. The van der Waals surface area contributed by atoms with E-state index < -0.39 is 0 Å². The van der Waals surface area contributed by atoms with Crippen LogP contribution in [0.15, 0.2) is 193 Å². The van der Waals surface area contributed by atoms with Crippen molar-refractivity contribution in [3.63, 3.8) is 0 Å². The Morgan fingerprint density at radius 3 is 1.77 bits per heavy atom. The molecule has 0 saturated carbocycles. The Kier molecular flexibility index (Phi) is 8.73. The van der Waals surface area contributed by atoms with Gasteiger partial charge in [0, 0.05) is 33.6 Å². The van der Waals surface area contributed by atoms with Crippen LogP contribution >= 0.6 is 0 Å². The van der Waals surface area contributed by atoms with Gasteiger partial charge in [-0.05, 0) is 77.9 Å². The zero-order valence-electron chi connectivity index (χ0n) is 30.8. The number of benzene rings is 6. The van der Waals surface area contributed by atoms with E-state index in [1.165, 1.54) is 11.1 Å². The second-order valence-corrected chi connectivity index (χ2v) is 14.2. The summed E-state index contributed by atoms with van der Waals surface area (Å²) in [4.78, 5) is 17.5. The van der Waals surface area contributed by atoms with Crippen molar-refractivity contribution in [2.75, 3.05) is 4.90 Å². The number of allylic oxidation sites excluding steroid dienone is 8. The minimum Gasteiger partial charge on any atom is -0.453 e. The first kappa shape index (κ1) is 33.5. The van der Waals surface area contributed by atoms with Crippen LogP contribution in [0.5, 0.6) is 0 Å². The topological polar surface area (TPSA) is 55.1 Å². The molecular weight excluding hydrogens is 685 g/mol. The van der Waals surface area contributed by atoms with Crippen LogP contribution < -0.4 is 4.90 Å². The van der Waals surface area contributed by atoms with Crippen LogP contribution in [0, 0.1) is 0 Å². The summed E-state index contributed by atoms with van der Waals surface area (Å²) in [7, 11) is 0. The first-order valence-electron chi connectivity index (χ1n) is 19.3. The lowest BCUT2D eigenvalue weighted by atomic mass is 9.99. The Labute approximate surface area is 326 Å². The van der Waals surface area contributed by atoms with Crippen LogP contribution in [0.3, 0.4) is 0 Å². The Hall–Kier alpha value is -7.11. The first-order chi connectivity index (χ1) is 27.8. The number of hydrogen-bond acceptors (Lipinski definition) is 5. The SMILES string of the molecule is C1=CCC(c2nc(C3=CCCC=C3)nc(-c3cccc4c3oc3c(N(c5ccc(-c6ccccc6)cc5)c5ccc(-c6ccccc6)cc5)cccc34)n2)C=C1. The average molecular weight is 723 g/mol. The molecule has 5 heteroatoms. The summed E-state index contributed by atoms with van der Waals surface area (Å²) in [5.41, 5.74) is 11.1. The van der Waals surface area contributed by atoms with Crippen LogP contribution in [0.2, 0.25) is 0 Å². The molecular formula is C51H38N4O. The lowest BCUT2D eigenvalue weighted by molar-refractivity contribution is 0.669. The number of rotatable bonds is 8. The van der Waals surface area contributed by atoms with Crippen LogP contribution in [0.1, 0.15) is 36.8 Å². The number of hydrogen-bond donors (Lipinski definition) is 0. The molecule has 0 fully saturated rings. The summed E-state index contributed by atoms with van der Waals surface area (Å²) in [6, 6.07) is 51.2. The van der Waals surface area contributed by atoms with E-state index in [0.29, 0.717) is 11.6 Å². The predicted molar refractivity (Wildman–Crippen MR) is 230 cm³/mol. The van der Waals surface area contributed by atoms with Crippen LogP contribution in [0.25, 0.3) is 61.2 Å². The second kappa shape index (κ2) is 14.6. The van der Waals surface area contributed by atoms with Gasteiger partial charge in [0.15, 0.2) is 17.2 Å². The molecule has 268 valence electrons. The highest BCUT2D eigenvalue weighted by atomic mass is 16.3. The number of para-hydroxylation sites is 2. The third-order valence-electron chi connectivity index (χ3n) is 10.7. The third-order valence-corrected chi connectivity index (χ3v) is 10.7. The van der Waals surface area contributed by atoms with Crippen LogP contribution in [-0.2, 0) is 0 Å².